The van der Waals surface area contributed by atoms with Crippen molar-refractivity contribution in [3.63, 3.8) is 0 Å². The van der Waals surface area contributed by atoms with E-state index in [-0.39, 0.29) is 5.75 Å². The molecule has 0 saturated carbocycles. The van der Waals surface area contributed by atoms with E-state index in [0.717, 1.165) is 5.56 Å². The average molecular weight is 271 g/mol. The quantitative estimate of drug-likeness (QED) is 0.726. The number of ether oxygens (including phenoxy) is 1. The first-order valence-corrected chi connectivity index (χ1v) is 5.71. The molecule has 0 saturated heterocycles. The van der Waals surface area contributed by atoms with Crippen LogP contribution in [0.15, 0.2) is 36.4 Å². The van der Waals surface area contributed by atoms with Gasteiger partial charge in [0.25, 0.3) is 0 Å². The predicted octanol–water partition coefficient (Wildman–Crippen LogP) is 5.23. The highest BCUT2D eigenvalue weighted by molar-refractivity contribution is 6.32. The Morgan fingerprint density at radius 1 is 1.00 bits per heavy atom. The molecule has 0 aliphatic carbocycles. The lowest BCUT2D eigenvalue weighted by Gasteiger charge is -2.09. The fourth-order valence-corrected chi connectivity index (χ4v) is 1.80. The van der Waals surface area contributed by atoms with Gasteiger partial charge in [-0.25, -0.2) is 4.39 Å². The fraction of sp³-hybridized carbons (Fsp3) is 0.0769. The van der Waals surface area contributed by atoms with Crippen LogP contribution in [0.5, 0.6) is 11.5 Å². The molecule has 2 aromatic carbocycles. The standard InChI is InChI=1S/C13H9Cl2FO/c1-8-2-4-12(10(15)6-8)17-13-5-3-9(14)7-11(13)16/h2-7H,1H3. The summed E-state index contributed by atoms with van der Waals surface area (Å²) in [5.41, 5.74) is 1.01. The summed E-state index contributed by atoms with van der Waals surface area (Å²) >= 11 is 11.6. The first kappa shape index (κ1) is 12.2. The lowest BCUT2D eigenvalue weighted by Crippen LogP contribution is -1.89. The van der Waals surface area contributed by atoms with Crippen LogP contribution in [0.25, 0.3) is 0 Å². The van der Waals surface area contributed by atoms with Gasteiger partial charge >= 0.3 is 0 Å². The van der Waals surface area contributed by atoms with Crippen molar-refractivity contribution in [3.8, 4) is 11.5 Å². The number of hydrogen-bond acceptors (Lipinski definition) is 1. The molecule has 0 N–H and O–H groups in total. The summed E-state index contributed by atoms with van der Waals surface area (Å²) in [6.07, 6.45) is 0. The maximum Gasteiger partial charge on any atom is 0.167 e. The minimum Gasteiger partial charge on any atom is -0.453 e. The highest BCUT2D eigenvalue weighted by Crippen LogP contribution is 2.32. The van der Waals surface area contributed by atoms with Gasteiger partial charge in [0.05, 0.1) is 5.02 Å². The summed E-state index contributed by atoms with van der Waals surface area (Å²) in [5, 5.41) is 0.768. The summed E-state index contributed by atoms with van der Waals surface area (Å²) in [6, 6.07) is 9.51. The van der Waals surface area contributed by atoms with Gasteiger partial charge < -0.3 is 4.74 Å². The molecule has 17 heavy (non-hydrogen) atoms. The van der Waals surface area contributed by atoms with Crippen LogP contribution >= 0.6 is 23.2 Å². The molecule has 0 atom stereocenters. The molecular weight excluding hydrogens is 262 g/mol. The van der Waals surface area contributed by atoms with E-state index in [4.69, 9.17) is 27.9 Å². The van der Waals surface area contributed by atoms with Crippen molar-refractivity contribution in [1.29, 1.82) is 0 Å². The van der Waals surface area contributed by atoms with E-state index in [1.165, 1.54) is 12.1 Å². The SMILES string of the molecule is Cc1ccc(Oc2ccc(Cl)cc2F)c(Cl)c1. The number of hydrogen-bond donors (Lipinski definition) is 0. The lowest BCUT2D eigenvalue weighted by molar-refractivity contribution is 0.442. The van der Waals surface area contributed by atoms with Crippen LogP contribution in [0.3, 0.4) is 0 Å². The average Bonchev–Trinajstić information content (AvgIpc) is 2.25. The van der Waals surface area contributed by atoms with E-state index in [2.05, 4.69) is 0 Å². The Morgan fingerprint density at radius 2 is 1.71 bits per heavy atom. The summed E-state index contributed by atoms with van der Waals surface area (Å²) in [6.45, 7) is 1.92. The minimum absolute atomic E-state index is 0.0974. The van der Waals surface area contributed by atoms with Crippen molar-refractivity contribution < 1.29 is 9.13 Å². The molecule has 2 rings (SSSR count). The van der Waals surface area contributed by atoms with Gasteiger partial charge in [0.15, 0.2) is 11.6 Å². The number of aryl methyl sites for hydroxylation is 1. The Labute approximate surface area is 109 Å². The fourth-order valence-electron chi connectivity index (χ4n) is 1.37. The van der Waals surface area contributed by atoms with Crippen LogP contribution < -0.4 is 4.74 Å². The summed E-state index contributed by atoms with van der Waals surface area (Å²) in [4.78, 5) is 0. The van der Waals surface area contributed by atoms with E-state index in [9.17, 15) is 4.39 Å². The molecule has 0 heterocycles. The zero-order chi connectivity index (χ0) is 12.4. The molecule has 0 amide bonds. The summed E-state index contributed by atoms with van der Waals surface area (Å²) < 4.78 is 18.9. The first-order valence-electron chi connectivity index (χ1n) is 4.95. The molecule has 0 radical (unpaired) electrons. The molecule has 0 unspecified atom stereocenters. The van der Waals surface area contributed by atoms with Crippen LogP contribution in [0.1, 0.15) is 5.56 Å². The van der Waals surface area contributed by atoms with E-state index in [0.29, 0.717) is 15.8 Å². The smallest absolute Gasteiger partial charge is 0.167 e. The maximum atomic E-state index is 13.5. The largest absolute Gasteiger partial charge is 0.453 e. The Morgan fingerprint density at radius 3 is 2.35 bits per heavy atom. The molecule has 0 aliphatic rings. The maximum absolute atomic E-state index is 13.5. The van der Waals surface area contributed by atoms with Crippen molar-refractivity contribution in [2.24, 2.45) is 0 Å². The van der Waals surface area contributed by atoms with E-state index >= 15 is 0 Å². The van der Waals surface area contributed by atoms with Gasteiger partial charge in [0.1, 0.15) is 5.75 Å². The van der Waals surface area contributed by atoms with Crippen LogP contribution in [-0.2, 0) is 0 Å². The van der Waals surface area contributed by atoms with Gasteiger partial charge in [0.2, 0.25) is 0 Å². The zero-order valence-electron chi connectivity index (χ0n) is 9.01. The van der Waals surface area contributed by atoms with E-state index in [1.54, 1.807) is 18.2 Å². The highest BCUT2D eigenvalue weighted by Gasteiger charge is 2.08. The van der Waals surface area contributed by atoms with Crippen molar-refractivity contribution in [2.75, 3.05) is 0 Å². The third kappa shape index (κ3) is 2.90. The van der Waals surface area contributed by atoms with Gasteiger partial charge in [-0.1, -0.05) is 29.3 Å². The molecule has 0 spiro atoms. The van der Waals surface area contributed by atoms with Gasteiger partial charge in [0, 0.05) is 5.02 Å². The highest BCUT2D eigenvalue weighted by atomic mass is 35.5. The summed E-state index contributed by atoms with van der Waals surface area (Å²) in [7, 11) is 0. The van der Waals surface area contributed by atoms with Gasteiger partial charge in [-0.3, -0.25) is 0 Å². The van der Waals surface area contributed by atoms with Gasteiger partial charge in [-0.05, 0) is 42.8 Å². The second-order valence-electron chi connectivity index (χ2n) is 3.61. The molecule has 0 fully saturated rings. The molecule has 2 aromatic rings. The molecule has 0 aliphatic heterocycles. The van der Waals surface area contributed by atoms with Crippen LogP contribution in [0, 0.1) is 12.7 Å². The topological polar surface area (TPSA) is 9.23 Å². The zero-order valence-corrected chi connectivity index (χ0v) is 10.5. The van der Waals surface area contributed by atoms with Crippen molar-refractivity contribution in [3.05, 3.63) is 57.8 Å². The third-order valence-corrected chi connectivity index (χ3v) is 2.73. The number of benzene rings is 2. The first-order chi connectivity index (χ1) is 8.06. The molecule has 0 bridgehead atoms. The number of halogens is 3. The molecule has 0 aromatic heterocycles. The second-order valence-corrected chi connectivity index (χ2v) is 4.45. The second kappa shape index (κ2) is 4.94. The molecule has 88 valence electrons. The van der Waals surface area contributed by atoms with E-state index < -0.39 is 5.82 Å². The van der Waals surface area contributed by atoms with Crippen LogP contribution in [0.2, 0.25) is 10.0 Å². The Bertz CT molecular complexity index is 506. The Hall–Kier alpha value is -1.25. The third-order valence-electron chi connectivity index (χ3n) is 2.20. The van der Waals surface area contributed by atoms with Crippen molar-refractivity contribution in [1.82, 2.24) is 0 Å². The normalized spacial score (nSPS) is 10.4. The van der Waals surface area contributed by atoms with Crippen LogP contribution in [0.4, 0.5) is 4.39 Å². The van der Waals surface area contributed by atoms with Gasteiger partial charge in [-0.2, -0.15) is 0 Å². The van der Waals surface area contributed by atoms with Crippen molar-refractivity contribution >= 4 is 23.2 Å². The molecule has 1 nitrogen and oxygen atoms in total. The molecular formula is C13H9Cl2FO. The van der Waals surface area contributed by atoms with Gasteiger partial charge in [-0.15, -0.1) is 0 Å². The summed E-state index contributed by atoms with van der Waals surface area (Å²) in [5.74, 6) is -0.00668. The Balaban J connectivity index is 2.31. The Kier molecular flexibility index (Phi) is 3.55. The molecule has 4 heteroatoms. The monoisotopic (exact) mass is 270 g/mol. The van der Waals surface area contributed by atoms with Crippen molar-refractivity contribution in [2.45, 2.75) is 6.92 Å². The lowest BCUT2D eigenvalue weighted by atomic mass is 10.2. The predicted molar refractivity (Wildman–Crippen MR) is 67.7 cm³/mol. The minimum atomic E-state index is -0.519. The van der Waals surface area contributed by atoms with Crippen LogP contribution in [-0.4, -0.2) is 0 Å². The number of rotatable bonds is 2. The van der Waals surface area contributed by atoms with E-state index in [1.807, 2.05) is 13.0 Å².